The van der Waals surface area contributed by atoms with Crippen LogP contribution in [0.3, 0.4) is 0 Å². The van der Waals surface area contributed by atoms with Crippen molar-refractivity contribution in [2.75, 3.05) is 11.4 Å². The Morgan fingerprint density at radius 2 is 1.86 bits per heavy atom. The molecule has 156 valence electrons. The van der Waals surface area contributed by atoms with Gasteiger partial charge in [0.15, 0.2) is 0 Å². The highest BCUT2D eigenvalue weighted by Crippen LogP contribution is 2.32. The number of hydrogen-bond donors (Lipinski definition) is 1. The van der Waals surface area contributed by atoms with E-state index >= 15 is 0 Å². The summed E-state index contributed by atoms with van der Waals surface area (Å²) in [5, 5.41) is 0. The van der Waals surface area contributed by atoms with Crippen LogP contribution in [0.1, 0.15) is 51.7 Å². The molecule has 1 aliphatic heterocycles. The molecule has 1 aliphatic rings. The molecule has 0 radical (unpaired) electrons. The number of rotatable bonds is 7. The van der Waals surface area contributed by atoms with Gasteiger partial charge in [0.05, 0.1) is 4.90 Å². The van der Waals surface area contributed by atoms with E-state index in [-0.39, 0.29) is 22.3 Å². The zero-order valence-electron chi connectivity index (χ0n) is 17.6. The lowest BCUT2D eigenvalue weighted by Gasteiger charge is -2.29. The fourth-order valence-electron chi connectivity index (χ4n) is 4.14. The normalized spacial score (nSPS) is 15.2. The Morgan fingerprint density at radius 1 is 1.17 bits per heavy atom. The van der Waals surface area contributed by atoms with Crippen LogP contribution >= 0.6 is 0 Å². The second-order valence-corrected chi connectivity index (χ2v) is 10.1. The van der Waals surface area contributed by atoms with Crippen LogP contribution in [0.25, 0.3) is 0 Å². The first-order chi connectivity index (χ1) is 13.6. The molecule has 2 aromatic carbocycles. The topological polar surface area (TPSA) is 66.5 Å². The van der Waals surface area contributed by atoms with Crippen molar-refractivity contribution >= 4 is 21.6 Å². The van der Waals surface area contributed by atoms with Gasteiger partial charge < -0.3 is 4.90 Å². The lowest BCUT2D eigenvalue weighted by atomic mass is 9.79. The molecule has 1 N–H and O–H groups in total. The van der Waals surface area contributed by atoms with Crippen LogP contribution in [0.5, 0.6) is 0 Å². The van der Waals surface area contributed by atoms with Crippen molar-refractivity contribution in [1.82, 2.24) is 4.72 Å². The van der Waals surface area contributed by atoms with Crippen LogP contribution < -0.4 is 9.62 Å². The molecule has 0 bridgehead atoms. The molecule has 2 aromatic rings. The second kappa shape index (κ2) is 8.28. The SMILES string of the molecule is CCC(=O)N1CCc2cc(S(=O)(=O)NC(C)CC(C)(C)c3ccccc3)ccc21. The molecule has 0 aliphatic carbocycles. The number of fused-ring (bicyclic) bond motifs is 1. The molecule has 0 saturated carbocycles. The fourth-order valence-corrected chi connectivity index (χ4v) is 5.44. The summed E-state index contributed by atoms with van der Waals surface area (Å²) in [5.41, 5.74) is 2.77. The summed E-state index contributed by atoms with van der Waals surface area (Å²) >= 11 is 0. The Kier molecular flexibility index (Phi) is 6.15. The maximum atomic E-state index is 12.9. The van der Waals surface area contributed by atoms with Crippen molar-refractivity contribution in [3.63, 3.8) is 0 Å². The number of hydrogen-bond acceptors (Lipinski definition) is 3. The van der Waals surface area contributed by atoms with Gasteiger partial charge in [-0.15, -0.1) is 0 Å². The third-order valence-electron chi connectivity index (χ3n) is 5.59. The Hall–Kier alpha value is -2.18. The van der Waals surface area contributed by atoms with Gasteiger partial charge in [-0.1, -0.05) is 51.1 Å². The van der Waals surface area contributed by atoms with Crippen molar-refractivity contribution in [3.05, 3.63) is 59.7 Å². The third-order valence-corrected chi connectivity index (χ3v) is 7.18. The molecule has 1 heterocycles. The average Bonchev–Trinajstić information content (AvgIpc) is 3.10. The predicted molar refractivity (Wildman–Crippen MR) is 117 cm³/mol. The highest BCUT2D eigenvalue weighted by Gasteiger charge is 2.28. The zero-order chi connectivity index (χ0) is 21.2. The summed E-state index contributed by atoms with van der Waals surface area (Å²) < 4.78 is 28.7. The van der Waals surface area contributed by atoms with E-state index in [2.05, 4.69) is 30.7 Å². The molecule has 1 unspecified atom stereocenters. The minimum Gasteiger partial charge on any atom is -0.312 e. The highest BCUT2D eigenvalue weighted by atomic mass is 32.2. The molecule has 0 spiro atoms. The number of sulfonamides is 1. The smallest absolute Gasteiger partial charge is 0.240 e. The van der Waals surface area contributed by atoms with E-state index in [0.717, 1.165) is 11.3 Å². The van der Waals surface area contributed by atoms with Gasteiger partial charge >= 0.3 is 0 Å². The van der Waals surface area contributed by atoms with Crippen molar-refractivity contribution in [2.24, 2.45) is 0 Å². The minimum atomic E-state index is -3.63. The van der Waals surface area contributed by atoms with Crippen molar-refractivity contribution in [1.29, 1.82) is 0 Å². The zero-order valence-corrected chi connectivity index (χ0v) is 18.4. The molecular weight excluding hydrogens is 384 g/mol. The molecule has 29 heavy (non-hydrogen) atoms. The molecule has 6 heteroatoms. The molecule has 1 amide bonds. The monoisotopic (exact) mass is 414 g/mol. The van der Waals surface area contributed by atoms with Crippen LogP contribution in [0.2, 0.25) is 0 Å². The first-order valence-corrected chi connectivity index (χ1v) is 11.6. The second-order valence-electron chi connectivity index (χ2n) is 8.42. The molecule has 3 rings (SSSR count). The quantitative estimate of drug-likeness (QED) is 0.744. The van der Waals surface area contributed by atoms with E-state index < -0.39 is 10.0 Å². The minimum absolute atomic E-state index is 0.0641. The van der Waals surface area contributed by atoms with E-state index in [9.17, 15) is 13.2 Å². The number of carbonyl (C=O) groups is 1. The molecule has 1 atom stereocenters. The van der Waals surface area contributed by atoms with Gasteiger partial charge in [-0.2, -0.15) is 0 Å². The molecule has 0 saturated heterocycles. The average molecular weight is 415 g/mol. The molecule has 0 aromatic heterocycles. The highest BCUT2D eigenvalue weighted by molar-refractivity contribution is 7.89. The van der Waals surface area contributed by atoms with Crippen molar-refractivity contribution in [2.45, 2.75) is 63.3 Å². The molecule has 0 fully saturated rings. The van der Waals surface area contributed by atoms with Gasteiger partial charge in [0, 0.05) is 24.7 Å². The number of nitrogens with one attached hydrogen (secondary N) is 1. The van der Waals surface area contributed by atoms with Crippen LogP contribution in [-0.4, -0.2) is 26.9 Å². The number of benzene rings is 2. The van der Waals surface area contributed by atoms with Gasteiger partial charge in [-0.3, -0.25) is 4.79 Å². The van der Waals surface area contributed by atoms with E-state index in [1.54, 1.807) is 23.1 Å². The van der Waals surface area contributed by atoms with Gasteiger partial charge in [-0.05, 0) is 54.5 Å². The Morgan fingerprint density at radius 3 is 2.52 bits per heavy atom. The van der Waals surface area contributed by atoms with Gasteiger partial charge in [0.2, 0.25) is 15.9 Å². The predicted octanol–water partition coefficient (Wildman–Crippen LogP) is 4.02. The summed E-state index contributed by atoms with van der Waals surface area (Å²) in [6.45, 7) is 8.60. The maximum Gasteiger partial charge on any atom is 0.240 e. The molecular formula is C23H30N2O3S. The Bertz CT molecular complexity index is 984. The third kappa shape index (κ3) is 4.70. The first-order valence-electron chi connectivity index (χ1n) is 10.1. The van der Waals surface area contributed by atoms with Gasteiger partial charge in [0.25, 0.3) is 0 Å². The van der Waals surface area contributed by atoms with Gasteiger partial charge in [0.1, 0.15) is 0 Å². The number of anilines is 1. The fraction of sp³-hybridized carbons (Fsp3) is 0.435. The van der Waals surface area contributed by atoms with Crippen molar-refractivity contribution in [3.8, 4) is 0 Å². The van der Waals surface area contributed by atoms with Crippen LogP contribution in [0.15, 0.2) is 53.4 Å². The van der Waals surface area contributed by atoms with Crippen LogP contribution in [-0.2, 0) is 26.7 Å². The van der Waals surface area contributed by atoms with E-state index in [1.807, 2.05) is 32.0 Å². The summed E-state index contributed by atoms with van der Waals surface area (Å²) in [6, 6.07) is 15.0. The van der Waals surface area contributed by atoms with Gasteiger partial charge in [-0.25, -0.2) is 13.1 Å². The number of nitrogens with zero attached hydrogens (tertiary/aromatic N) is 1. The van der Waals surface area contributed by atoms with E-state index in [0.29, 0.717) is 25.8 Å². The lowest BCUT2D eigenvalue weighted by Crippen LogP contribution is -2.37. The largest absolute Gasteiger partial charge is 0.312 e. The Balaban J connectivity index is 1.74. The van der Waals surface area contributed by atoms with Crippen LogP contribution in [0, 0.1) is 0 Å². The van der Waals surface area contributed by atoms with Crippen molar-refractivity contribution < 1.29 is 13.2 Å². The summed E-state index contributed by atoms with van der Waals surface area (Å²) in [7, 11) is -3.63. The lowest BCUT2D eigenvalue weighted by molar-refractivity contribution is -0.118. The molecule has 5 nitrogen and oxygen atoms in total. The Labute approximate surface area is 174 Å². The summed E-state index contributed by atoms with van der Waals surface area (Å²) in [4.78, 5) is 14.0. The summed E-state index contributed by atoms with van der Waals surface area (Å²) in [6.07, 6.45) is 1.80. The first kappa shape index (κ1) is 21.5. The number of carbonyl (C=O) groups excluding carboxylic acids is 1. The standard InChI is InChI=1S/C23H30N2O3S/c1-5-22(26)25-14-13-18-15-20(11-12-21(18)25)29(27,28)24-17(2)16-23(3,4)19-9-7-6-8-10-19/h6-12,15,17,24H,5,13-14,16H2,1-4H3. The van der Waals surface area contributed by atoms with E-state index in [1.165, 1.54) is 5.56 Å². The maximum absolute atomic E-state index is 12.9. The van der Waals surface area contributed by atoms with Crippen LogP contribution in [0.4, 0.5) is 5.69 Å². The van der Waals surface area contributed by atoms with E-state index in [4.69, 9.17) is 0 Å². The number of amides is 1. The summed E-state index contributed by atoms with van der Waals surface area (Å²) in [5.74, 6) is 0.0641.